The fourth-order valence-corrected chi connectivity index (χ4v) is 2.99. The maximum atomic E-state index is 13.4. The summed E-state index contributed by atoms with van der Waals surface area (Å²) in [7, 11) is 0. The first-order valence-electron chi connectivity index (χ1n) is 8.28. The van der Waals surface area contributed by atoms with Crippen molar-refractivity contribution >= 4 is 16.8 Å². The molecule has 3 aromatic heterocycles. The third kappa shape index (κ3) is 2.92. The number of fused-ring (bicyclic) bond motifs is 1. The van der Waals surface area contributed by atoms with Crippen LogP contribution < -0.4 is 5.32 Å². The minimum atomic E-state index is -0.274. The number of halogens is 1. The SMILES string of the molecule is Cc1cc(C)n(-c2cncc(NCc3oc4ccc(F)cc4c3C)n2)n1. The molecule has 3 heterocycles. The van der Waals surface area contributed by atoms with E-state index in [0.29, 0.717) is 23.8 Å². The summed E-state index contributed by atoms with van der Waals surface area (Å²) in [5.41, 5.74) is 3.50. The van der Waals surface area contributed by atoms with Crippen LogP contribution in [-0.4, -0.2) is 19.7 Å². The number of benzene rings is 1. The Kier molecular flexibility index (Phi) is 3.91. The van der Waals surface area contributed by atoms with Crippen LogP contribution in [0.3, 0.4) is 0 Å². The maximum absolute atomic E-state index is 13.4. The quantitative estimate of drug-likeness (QED) is 0.600. The Morgan fingerprint density at radius 2 is 2.00 bits per heavy atom. The Bertz CT molecular complexity index is 1100. The second kappa shape index (κ2) is 6.25. The molecule has 6 nitrogen and oxygen atoms in total. The fraction of sp³-hybridized carbons (Fsp3) is 0.211. The van der Waals surface area contributed by atoms with E-state index in [0.717, 1.165) is 28.1 Å². The molecule has 0 spiro atoms. The summed E-state index contributed by atoms with van der Waals surface area (Å²) < 4.78 is 21.0. The number of aromatic nitrogens is 4. The molecule has 0 saturated carbocycles. The molecule has 0 aliphatic rings. The minimum absolute atomic E-state index is 0.274. The molecule has 4 aromatic rings. The number of nitrogens with one attached hydrogen (secondary N) is 1. The molecule has 0 amide bonds. The van der Waals surface area contributed by atoms with E-state index in [1.54, 1.807) is 23.1 Å². The molecule has 0 aliphatic carbocycles. The number of furan rings is 1. The fourth-order valence-electron chi connectivity index (χ4n) is 2.99. The molecule has 0 saturated heterocycles. The molecule has 132 valence electrons. The van der Waals surface area contributed by atoms with Crippen LogP contribution in [0.4, 0.5) is 10.2 Å². The summed E-state index contributed by atoms with van der Waals surface area (Å²) in [6.45, 7) is 6.25. The van der Waals surface area contributed by atoms with Crippen LogP contribution in [0.25, 0.3) is 16.8 Å². The normalized spacial score (nSPS) is 11.2. The van der Waals surface area contributed by atoms with Gasteiger partial charge in [0.05, 0.1) is 24.6 Å². The van der Waals surface area contributed by atoms with Gasteiger partial charge in [-0.15, -0.1) is 0 Å². The highest BCUT2D eigenvalue weighted by molar-refractivity contribution is 5.82. The van der Waals surface area contributed by atoms with Crippen LogP contribution in [-0.2, 0) is 6.54 Å². The Balaban J connectivity index is 1.58. The Morgan fingerprint density at radius 1 is 1.15 bits per heavy atom. The lowest BCUT2D eigenvalue weighted by Crippen LogP contribution is -2.07. The number of rotatable bonds is 4. The number of nitrogens with zero attached hydrogens (tertiary/aromatic N) is 4. The van der Waals surface area contributed by atoms with Crippen molar-refractivity contribution in [3.8, 4) is 5.82 Å². The zero-order valence-corrected chi connectivity index (χ0v) is 14.7. The monoisotopic (exact) mass is 351 g/mol. The summed E-state index contributed by atoms with van der Waals surface area (Å²) in [6, 6.07) is 6.51. The zero-order chi connectivity index (χ0) is 18.3. The van der Waals surface area contributed by atoms with Gasteiger partial charge in [0.15, 0.2) is 5.82 Å². The van der Waals surface area contributed by atoms with Gasteiger partial charge in [0, 0.05) is 16.6 Å². The van der Waals surface area contributed by atoms with Gasteiger partial charge in [-0.1, -0.05) is 0 Å². The highest BCUT2D eigenvalue weighted by atomic mass is 19.1. The Hall–Kier alpha value is -3.22. The topological polar surface area (TPSA) is 68.8 Å². The molecule has 1 N–H and O–H groups in total. The average Bonchev–Trinajstić information content (AvgIpc) is 3.12. The molecule has 0 aliphatic heterocycles. The van der Waals surface area contributed by atoms with E-state index in [9.17, 15) is 4.39 Å². The minimum Gasteiger partial charge on any atom is -0.459 e. The van der Waals surface area contributed by atoms with Crippen molar-refractivity contribution in [1.29, 1.82) is 0 Å². The molecule has 1 aromatic carbocycles. The third-order valence-electron chi connectivity index (χ3n) is 4.28. The largest absolute Gasteiger partial charge is 0.459 e. The van der Waals surface area contributed by atoms with E-state index in [-0.39, 0.29) is 5.82 Å². The van der Waals surface area contributed by atoms with Crippen molar-refractivity contribution in [3.63, 3.8) is 0 Å². The maximum Gasteiger partial charge on any atom is 0.174 e. The van der Waals surface area contributed by atoms with E-state index in [1.165, 1.54) is 12.1 Å². The van der Waals surface area contributed by atoms with Crippen molar-refractivity contribution in [3.05, 3.63) is 65.2 Å². The summed E-state index contributed by atoms with van der Waals surface area (Å²) in [4.78, 5) is 8.79. The Labute approximate surface area is 149 Å². The van der Waals surface area contributed by atoms with E-state index in [1.807, 2.05) is 26.8 Å². The standard InChI is InChI=1S/C19H18FN5O/c1-11-6-12(2)25(24-11)19-10-21-9-18(23-19)22-8-17-13(3)15-7-14(20)4-5-16(15)26-17/h4-7,9-10H,8H2,1-3H3,(H,22,23). The molecule has 7 heteroatoms. The van der Waals surface area contributed by atoms with E-state index >= 15 is 0 Å². The predicted molar refractivity (Wildman–Crippen MR) is 96.9 cm³/mol. The van der Waals surface area contributed by atoms with Gasteiger partial charge < -0.3 is 9.73 Å². The van der Waals surface area contributed by atoms with Gasteiger partial charge in [0.1, 0.15) is 23.0 Å². The van der Waals surface area contributed by atoms with Crippen LogP contribution in [0.1, 0.15) is 22.7 Å². The highest BCUT2D eigenvalue weighted by Gasteiger charge is 2.12. The van der Waals surface area contributed by atoms with Gasteiger partial charge in [-0.05, 0) is 45.0 Å². The van der Waals surface area contributed by atoms with Crippen LogP contribution in [0.2, 0.25) is 0 Å². The molecule has 0 unspecified atom stereocenters. The molecule has 0 bridgehead atoms. The van der Waals surface area contributed by atoms with Crippen molar-refractivity contribution in [2.24, 2.45) is 0 Å². The summed E-state index contributed by atoms with van der Waals surface area (Å²) in [5.74, 6) is 1.72. The summed E-state index contributed by atoms with van der Waals surface area (Å²) >= 11 is 0. The van der Waals surface area contributed by atoms with Crippen molar-refractivity contribution < 1.29 is 8.81 Å². The van der Waals surface area contributed by atoms with E-state index in [2.05, 4.69) is 20.4 Å². The number of hydrogen-bond donors (Lipinski definition) is 1. The van der Waals surface area contributed by atoms with E-state index in [4.69, 9.17) is 4.42 Å². The highest BCUT2D eigenvalue weighted by Crippen LogP contribution is 2.26. The first-order valence-corrected chi connectivity index (χ1v) is 8.28. The number of hydrogen-bond acceptors (Lipinski definition) is 5. The van der Waals surface area contributed by atoms with Crippen molar-refractivity contribution in [2.75, 3.05) is 5.32 Å². The predicted octanol–water partition coefficient (Wildman–Crippen LogP) is 4.08. The van der Waals surface area contributed by atoms with Crippen LogP contribution in [0.5, 0.6) is 0 Å². The van der Waals surface area contributed by atoms with Crippen LogP contribution in [0, 0.1) is 26.6 Å². The van der Waals surface area contributed by atoms with Gasteiger partial charge >= 0.3 is 0 Å². The van der Waals surface area contributed by atoms with Crippen molar-refractivity contribution in [1.82, 2.24) is 19.7 Å². The summed E-state index contributed by atoms with van der Waals surface area (Å²) in [5, 5.41) is 8.42. The number of aryl methyl sites for hydroxylation is 3. The van der Waals surface area contributed by atoms with Gasteiger partial charge in [-0.3, -0.25) is 4.98 Å². The second-order valence-corrected chi connectivity index (χ2v) is 6.25. The lowest BCUT2D eigenvalue weighted by molar-refractivity contribution is 0.554. The third-order valence-corrected chi connectivity index (χ3v) is 4.28. The molecule has 4 rings (SSSR count). The van der Waals surface area contributed by atoms with E-state index < -0.39 is 0 Å². The first kappa shape index (κ1) is 16.3. The lowest BCUT2D eigenvalue weighted by atomic mass is 10.1. The first-order chi connectivity index (χ1) is 12.5. The summed E-state index contributed by atoms with van der Waals surface area (Å²) in [6.07, 6.45) is 3.31. The molecule has 0 atom stereocenters. The average molecular weight is 351 g/mol. The van der Waals surface area contributed by atoms with Crippen LogP contribution >= 0.6 is 0 Å². The molecule has 0 radical (unpaired) electrons. The van der Waals surface area contributed by atoms with Crippen LogP contribution in [0.15, 0.2) is 41.1 Å². The Morgan fingerprint density at radius 3 is 2.77 bits per heavy atom. The smallest absolute Gasteiger partial charge is 0.174 e. The second-order valence-electron chi connectivity index (χ2n) is 6.25. The number of anilines is 1. The van der Waals surface area contributed by atoms with Gasteiger partial charge in [-0.25, -0.2) is 14.1 Å². The zero-order valence-electron chi connectivity index (χ0n) is 14.7. The molecule has 26 heavy (non-hydrogen) atoms. The van der Waals surface area contributed by atoms with Gasteiger partial charge in [-0.2, -0.15) is 5.10 Å². The molecular weight excluding hydrogens is 333 g/mol. The van der Waals surface area contributed by atoms with Gasteiger partial charge in [0.25, 0.3) is 0 Å². The molecule has 0 fully saturated rings. The lowest BCUT2D eigenvalue weighted by Gasteiger charge is -2.07. The van der Waals surface area contributed by atoms with Crippen molar-refractivity contribution in [2.45, 2.75) is 27.3 Å². The molecular formula is C19H18FN5O. The van der Waals surface area contributed by atoms with Gasteiger partial charge in [0.2, 0.25) is 0 Å².